The number of nitrogens with one attached hydrogen (secondary N) is 1. The summed E-state index contributed by atoms with van der Waals surface area (Å²) in [7, 11) is 1.57. The zero-order chi connectivity index (χ0) is 31.4. The molecule has 3 aromatic carbocycles. The lowest BCUT2D eigenvalue weighted by Gasteiger charge is -2.43. The van der Waals surface area contributed by atoms with E-state index in [4.69, 9.17) is 27.9 Å². The third kappa shape index (κ3) is 6.34. The van der Waals surface area contributed by atoms with E-state index in [1.807, 2.05) is 53.4 Å². The number of ether oxygens (including phenoxy) is 1. The molecule has 1 unspecified atom stereocenters. The van der Waals surface area contributed by atoms with Crippen LogP contribution < -0.4 is 10.1 Å². The van der Waals surface area contributed by atoms with Crippen molar-refractivity contribution in [3.63, 3.8) is 0 Å². The van der Waals surface area contributed by atoms with Crippen molar-refractivity contribution >= 4 is 41.7 Å². The fraction of sp³-hybridized carbons (Fsp3) is 0.382. The molecule has 0 radical (unpaired) electrons. The van der Waals surface area contributed by atoms with Crippen LogP contribution in [0.2, 0.25) is 10.0 Å². The van der Waals surface area contributed by atoms with Gasteiger partial charge in [0.25, 0.3) is 5.91 Å². The Morgan fingerprint density at radius 1 is 1.00 bits per heavy atom. The van der Waals surface area contributed by atoms with E-state index in [0.29, 0.717) is 34.4 Å². The molecule has 3 aromatic rings. The lowest BCUT2D eigenvalue weighted by atomic mass is 9.76. The molecule has 0 bridgehead atoms. The van der Waals surface area contributed by atoms with E-state index in [1.54, 1.807) is 19.4 Å². The summed E-state index contributed by atoms with van der Waals surface area (Å²) in [5, 5.41) is 15.9. The van der Waals surface area contributed by atoms with Gasteiger partial charge in [0.2, 0.25) is 6.41 Å². The Bertz CT molecular complexity index is 1600. The zero-order valence-corrected chi connectivity index (χ0v) is 26.7. The molecule has 45 heavy (non-hydrogen) atoms. The number of rotatable bonds is 10. The fourth-order valence-corrected chi connectivity index (χ4v) is 7.28. The Balaban J connectivity index is 1.21. The standard InChI is InChI=1S/C34H36Cl2N6O3/c1-45-31-10-7-24(30-21-38-40-39-30)19-27(31)32(44)42-18-12-33(22-42,26-8-9-28(35)29(36)20-26)11-15-41-16-13-34(14-17-41,37-23-43)25-5-3-2-4-6-25/h2-10,19-21,23,30H,11-18,22H2,1H3,(H,37,43)/t30-,33?/m0/s1. The zero-order valence-electron chi connectivity index (χ0n) is 25.2. The molecule has 0 saturated carbocycles. The summed E-state index contributed by atoms with van der Waals surface area (Å²) >= 11 is 12.9. The first-order valence-electron chi connectivity index (χ1n) is 15.2. The maximum atomic E-state index is 14.1. The number of methoxy groups -OCH3 is 1. The van der Waals surface area contributed by atoms with Gasteiger partial charge in [-0.15, -0.1) is 5.10 Å². The van der Waals surface area contributed by atoms with Crippen LogP contribution in [0.3, 0.4) is 0 Å². The van der Waals surface area contributed by atoms with Crippen molar-refractivity contribution in [2.24, 2.45) is 15.4 Å². The predicted molar refractivity (Wildman–Crippen MR) is 175 cm³/mol. The van der Waals surface area contributed by atoms with Gasteiger partial charge in [-0.25, -0.2) is 0 Å². The van der Waals surface area contributed by atoms with Crippen LogP contribution in [0.1, 0.15) is 58.8 Å². The van der Waals surface area contributed by atoms with E-state index in [9.17, 15) is 9.59 Å². The van der Waals surface area contributed by atoms with Crippen LogP contribution in [0.5, 0.6) is 5.75 Å². The molecule has 6 rings (SSSR count). The number of benzene rings is 3. The van der Waals surface area contributed by atoms with Crippen molar-refractivity contribution in [2.45, 2.75) is 42.7 Å². The number of carbonyl (C=O) groups excluding carboxylic acids is 2. The fourth-order valence-electron chi connectivity index (χ4n) is 6.98. The number of nitrogens with zero attached hydrogens (tertiary/aromatic N) is 5. The van der Waals surface area contributed by atoms with Gasteiger partial charge in [0.05, 0.1) is 34.5 Å². The van der Waals surface area contributed by atoms with Gasteiger partial charge in [-0.1, -0.05) is 65.7 Å². The third-order valence-electron chi connectivity index (χ3n) is 9.68. The molecule has 3 heterocycles. The van der Waals surface area contributed by atoms with Gasteiger partial charge in [-0.2, -0.15) is 5.11 Å². The first-order chi connectivity index (χ1) is 21.9. The second kappa shape index (κ2) is 13.3. The second-order valence-electron chi connectivity index (χ2n) is 12.1. The molecule has 9 nitrogen and oxygen atoms in total. The van der Waals surface area contributed by atoms with Gasteiger partial charge in [-0.05, 0) is 78.4 Å². The van der Waals surface area contributed by atoms with Crippen molar-refractivity contribution in [3.05, 3.63) is 99.0 Å². The summed E-state index contributed by atoms with van der Waals surface area (Å²) in [6.07, 6.45) is 5.74. The number of halogens is 2. The number of piperidine rings is 1. The highest BCUT2D eigenvalue weighted by Gasteiger charge is 2.43. The van der Waals surface area contributed by atoms with Crippen molar-refractivity contribution in [3.8, 4) is 5.75 Å². The molecular formula is C34H36Cl2N6O3. The van der Waals surface area contributed by atoms with Crippen LogP contribution in [-0.4, -0.2) is 68.2 Å². The van der Waals surface area contributed by atoms with Gasteiger partial charge in [0.1, 0.15) is 11.8 Å². The average molecular weight is 648 g/mol. The van der Waals surface area contributed by atoms with E-state index >= 15 is 0 Å². The highest BCUT2D eigenvalue weighted by Crippen LogP contribution is 2.42. The minimum absolute atomic E-state index is 0.0898. The monoisotopic (exact) mass is 646 g/mol. The second-order valence-corrected chi connectivity index (χ2v) is 12.9. The molecular weight excluding hydrogens is 611 g/mol. The molecule has 3 aliphatic heterocycles. The Hall–Kier alpha value is -3.79. The normalized spacial score (nSPS) is 22.5. The summed E-state index contributed by atoms with van der Waals surface area (Å²) in [6, 6.07) is 21.3. The topological polar surface area (TPSA) is 99.0 Å². The molecule has 3 aliphatic rings. The largest absolute Gasteiger partial charge is 0.496 e. The Labute approximate surface area is 273 Å². The summed E-state index contributed by atoms with van der Waals surface area (Å²) in [6.45, 7) is 3.68. The van der Waals surface area contributed by atoms with Crippen molar-refractivity contribution in [1.29, 1.82) is 0 Å². The molecule has 1 N–H and O–H groups in total. The molecule has 2 amide bonds. The highest BCUT2D eigenvalue weighted by molar-refractivity contribution is 6.42. The minimum atomic E-state index is -0.364. The van der Waals surface area contributed by atoms with E-state index in [0.717, 1.165) is 68.4 Å². The lowest BCUT2D eigenvalue weighted by Crippen LogP contribution is -2.51. The molecule has 0 aliphatic carbocycles. The lowest BCUT2D eigenvalue weighted by molar-refractivity contribution is -0.112. The van der Waals surface area contributed by atoms with E-state index in [-0.39, 0.29) is 22.9 Å². The van der Waals surface area contributed by atoms with Gasteiger partial charge in [-0.3, -0.25) is 9.59 Å². The van der Waals surface area contributed by atoms with Crippen LogP contribution in [0, 0.1) is 0 Å². The molecule has 2 atom stereocenters. The van der Waals surface area contributed by atoms with Gasteiger partial charge in [0.15, 0.2) is 0 Å². The van der Waals surface area contributed by atoms with Crippen LogP contribution in [0.4, 0.5) is 0 Å². The number of hydrogen-bond acceptors (Lipinski definition) is 7. The van der Waals surface area contributed by atoms with Crippen molar-refractivity contribution in [2.75, 3.05) is 39.8 Å². The maximum Gasteiger partial charge on any atom is 0.257 e. The summed E-state index contributed by atoms with van der Waals surface area (Å²) in [5.74, 6) is 0.426. The smallest absolute Gasteiger partial charge is 0.257 e. The molecule has 2 fully saturated rings. The van der Waals surface area contributed by atoms with E-state index in [2.05, 4.69) is 37.8 Å². The van der Waals surface area contributed by atoms with Crippen LogP contribution in [0.15, 0.2) is 82.2 Å². The van der Waals surface area contributed by atoms with Crippen molar-refractivity contribution in [1.82, 2.24) is 15.1 Å². The summed E-state index contributed by atoms with van der Waals surface area (Å²) in [4.78, 5) is 30.0. The van der Waals surface area contributed by atoms with Gasteiger partial charge >= 0.3 is 0 Å². The van der Waals surface area contributed by atoms with Gasteiger partial charge in [0, 0.05) is 31.6 Å². The van der Waals surface area contributed by atoms with Gasteiger partial charge < -0.3 is 19.9 Å². The Kier molecular flexibility index (Phi) is 9.21. The van der Waals surface area contributed by atoms with Crippen LogP contribution in [0.25, 0.3) is 0 Å². The number of likely N-dealkylation sites (tertiary alicyclic amines) is 2. The van der Waals surface area contributed by atoms with Crippen molar-refractivity contribution < 1.29 is 14.3 Å². The Morgan fingerprint density at radius 3 is 2.49 bits per heavy atom. The molecule has 0 spiro atoms. The molecule has 11 heteroatoms. The minimum Gasteiger partial charge on any atom is -0.496 e. The molecule has 0 aromatic heterocycles. The number of hydrogen-bond donors (Lipinski definition) is 1. The predicted octanol–water partition coefficient (Wildman–Crippen LogP) is 6.41. The van der Waals surface area contributed by atoms with E-state index < -0.39 is 0 Å². The van der Waals surface area contributed by atoms with Crippen LogP contribution >= 0.6 is 23.2 Å². The number of amides is 2. The average Bonchev–Trinajstić information content (AvgIpc) is 3.78. The molecule has 2 saturated heterocycles. The summed E-state index contributed by atoms with van der Waals surface area (Å²) in [5.41, 5.74) is 2.86. The highest BCUT2D eigenvalue weighted by atomic mass is 35.5. The Morgan fingerprint density at radius 2 is 1.80 bits per heavy atom. The maximum absolute atomic E-state index is 14.1. The third-order valence-corrected chi connectivity index (χ3v) is 10.4. The first-order valence-corrected chi connectivity index (χ1v) is 16.0. The quantitative estimate of drug-likeness (QED) is 0.257. The summed E-state index contributed by atoms with van der Waals surface area (Å²) < 4.78 is 5.60. The molecule has 234 valence electrons. The first kappa shape index (κ1) is 31.2. The SMILES string of the molecule is COc1ccc([C@@H]2C=NN=N2)cc1C(=O)N1CCC(CCN2CCC(NC=O)(c3ccccc3)CC2)(c2ccc(Cl)c(Cl)c2)C1. The van der Waals surface area contributed by atoms with E-state index in [1.165, 1.54) is 0 Å². The van der Waals surface area contributed by atoms with Crippen LogP contribution in [-0.2, 0) is 15.7 Å². The number of carbonyl (C=O) groups is 2.